The predicted octanol–water partition coefficient (Wildman–Crippen LogP) is 3.99. The number of hydrogen-bond acceptors (Lipinski definition) is 5. The number of carbonyl (C=O) groups is 4. The number of alkyl halides is 1. The lowest BCUT2D eigenvalue weighted by atomic mass is 9.88. The number of fused-ring (bicyclic) bond motifs is 1. The number of carbonyl (C=O) groups excluding carboxylic acids is 4. The molecule has 232 valence electrons. The minimum Gasteiger partial charge on any atom is -0.347 e. The van der Waals surface area contributed by atoms with Crippen molar-refractivity contribution in [3.8, 4) is 0 Å². The minimum atomic E-state index is -1.94. The highest BCUT2D eigenvalue weighted by Gasteiger charge is 2.48. The second-order valence-electron chi connectivity index (χ2n) is 13.2. The maximum absolute atomic E-state index is 14.7. The first kappa shape index (κ1) is 30.7. The van der Waals surface area contributed by atoms with E-state index in [4.69, 9.17) is 0 Å². The molecule has 5 rings (SSSR count). The molecule has 0 bridgehead atoms. The van der Waals surface area contributed by atoms with E-state index in [1.165, 1.54) is 20.8 Å². The van der Waals surface area contributed by atoms with Gasteiger partial charge in [0, 0.05) is 24.8 Å². The fourth-order valence-corrected chi connectivity index (χ4v) is 6.42. The second-order valence-corrected chi connectivity index (χ2v) is 13.2. The fraction of sp³-hybridized carbons (Fsp3) is 0.594. The van der Waals surface area contributed by atoms with E-state index < -0.39 is 29.6 Å². The molecular weight excluding hydrogens is 551 g/mol. The number of nitrogens with zero attached hydrogens (tertiary/aromatic N) is 2. The second kappa shape index (κ2) is 12.1. The van der Waals surface area contributed by atoms with Crippen LogP contribution in [0, 0.1) is 17.8 Å². The van der Waals surface area contributed by atoms with Crippen LogP contribution in [0.3, 0.4) is 0 Å². The molecule has 3 aliphatic rings. The maximum atomic E-state index is 14.7. The van der Waals surface area contributed by atoms with Gasteiger partial charge in [-0.25, -0.2) is 4.39 Å². The molecule has 0 spiro atoms. The molecule has 11 heteroatoms. The van der Waals surface area contributed by atoms with Gasteiger partial charge in [0.05, 0.1) is 6.04 Å². The fourth-order valence-electron chi connectivity index (χ4n) is 6.42. The highest BCUT2D eigenvalue weighted by Crippen LogP contribution is 2.51. The molecule has 0 aliphatic heterocycles. The molecule has 0 radical (unpaired) electrons. The number of benzene rings is 1. The molecule has 3 aliphatic carbocycles. The van der Waals surface area contributed by atoms with E-state index in [0.29, 0.717) is 36.1 Å². The SMILES string of the molecule is CC(=O)N[C@@H](C(=O)N[C@@H]1CCc2cc(NC(=O)[C@@H](NC(=O)c3ccnn3C(C)C)C(C3CC3)C3CC3)ccc21)C(C)(C)F. The van der Waals surface area contributed by atoms with Crippen LogP contribution in [0.1, 0.15) is 100 Å². The van der Waals surface area contributed by atoms with Crippen LogP contribution >= 0.6 is 0 Å². The minimum absolute atomic E-state index is 0.00505. The molecule has 4 amide bonds. The first-order valence-electron chi connectivity index (χ1n) is 15.4. The van der Waals surface area contributed by atoms with E-state index in [9.17, 15) is 23.6 Å². The van der Waals surface area contributed by atoms with Crippen molar-refractivity contribution in [2.45, 2.75) is 103 Å². The van der Waals surface area contributed by atoms with E-state index in [2.05, 4.69) is 26.4 Å². The Bertz CT molecular complexity index is 1380. The van der Waals surface area contributed by atoms with Crippen molar-refractivity contribution in [2.24, 2.45) is 17.8 Å². The summed E-state index contributed by atoms with van der Waals surface area (Å²) in [6, 6.07) is 4.92. The monoisotopic (exact) mass is 594 g/mol. The van der Waals surface area contributed by atoms with Gasteiger partial charge in [-0.05, 0) is 113 Å². The van der Waals surface area contributed by atoms with Crippen molar-refractivity contribution in [1.29, 1.82) is 0 Å². The Morgan fingerprint density at radius 3 is 2.23 bits per heavy atom. The molecule has 1 heterocycles. The molecule has 2 aromatic rings. The molecule has 0 saturated heterocycles. The third-order valence-electron chi connectivity index (χ3n) is 8.78. The van der Waals surface area contributed by atoms with Crippen molar-refractivity contribution in [3.05, 3.63) is 47.3 Å². The first-order valence-corrected chi connectivity index (χ1v) is 15.4. The Morgan fingerprint density at radius 1 is 0.977 bits per heavy atom. The van der Waals surface area contributed by atoms with Gasteiger partial charge in [0.25, 0.3) is 5.91 Å². The van der Waals surface area contributed by atoms with Gasteiger partial charge >= 0.3 is 0 Å². The molecule has 2 fully saturated rings. The van der Waals surface area contributed by atoms with Crippen LogP contribution in [0.25, 0.3) is 0 Å². The van der Waals surface area contributed by atoms with Gasteiger partial charge in [-0.15, -0.1) is 0 Å². The summed E-state index contributed by atoms with van der Waals surface area (Å²) in [5.41, 5.74) is 0.977. The van der Waals surface area contributed by atoms with Crippen LogP contribution < -0.4 is 21.3 Å². The zero-order chi connectivity index (χ0) is 31.1. The zero-order valence-electron chi connectivity index (χ0n) is 25.6. The molecule has 43 heavy (non-hydrogen) atoms. The Kier molecular flexibility index (Phi) is 8.63. The third kappa shape index (κ3) is 7.08. The van der Waals surface area contributed by atoms with Crippen LogP contribution in [-0.2, 0) is 20.8 Å². The molecule has 0 unspecified atom stereocenters. The molecular formula is C32H43FN6O4. The van der Waals surface area contributed by atoms with E-state index in [0.717, 1.165) is 36.8 Å². The van der Waals surface area contributed by atoms with E-state index in [-0.39, 0.29) is 29.8 Å². The Hall–Kier alpha value is -3.76. The van der Waals surface area contributed by atoms with Gasteiger partial charge in [-0.3, -0.25) is 23.9 Å². The highest BCUT2D eigenvalue weighted by atomic mass is 19.1. The first-order chi connectivity index (χ1) is 20.3. The van der Waals surface area contributed by atoms with E-state index >= 15 is 0 Å². The highest BCUT2D eigenvalue weighted by molar-refractivity contribution is 6.01. The summed E-state index contributed by atoms with van der Waals surface area (Å²) in [6.45, 7) is 7.68. The summed E-state index contributed by atoms with van der Waals surface area (Å²) >= 11 is 0. The molecule has 1 aromatic carbocycles. The lowest BCUT2D eigenvalue weighted by Gasteiger charge is -2.28. The zero-order valence-corrected chi connectivity index (χ0v) is 25.6. The number of halogens is 1. The summed E-state index contributed by atoms with van der Waals surface area (Å²) in [5, 5.41) is 15.7. The van der Waals surface area contributed by atoms with Crippen molar-refractivity contribution in [1.82, 2.24) is 25.7 Å². The number of rotatable bonds is 12. The predicted molar refractivity (Wildman–Crippen MR) is 160 cm³/mol. The smallest absolute Gasteiger partial charge is 0.270 e. The molecule has 3 atom stereocenters. The van der Waals surface area contributed by atoms with Gasteiger partial charge in [0.2, 0.25) is 17.7 Å². The number of anilines is 1. The Morgan fingerprint density at radius 2 is 1.65 bits per heavy atom. The lowest BCUT2D eigenvalue weighted by Crippen LogP contribution is -2.55. The van der Waals surface area contributed by atoms with Gasteiger partial charge in [0.15, 0.2) is 0 Å². The van der Waals surface area contributed by atoms with Gasteiger partial charge in [-0.1, -0.05) is 6.07 Å². The van der Waals surface area contributed by atoms with Crippen LogP contribution in [0.2, 0.25) is 0 Å². The number of nitrogens with one attached hydrogen (secondary N) is 4. The summed E-state index contributed by atoms with van der Waals surface area (Å²) in [4.78, 5) is 51.7. The standard InChI is InChI=1S/C32H43FN6O4/c1-17(2)39-25(14-15-34-39)29(41)38-27(26(19-6-7-19)20-8-9-20)30(42)36-22-11-12-23-21(16-22)10-13-24(23)37-31(43)28(32(4,5)33)35-18(3)40/h11-12,14-17,19-20,24,26-28H,6-10,13H2,1-5H3,(H,35,40)(H,36,42)(H,37,43)(H,38,41)/t24-,27+,28+/m1/s1. The van der Waals surface area contributed by atoms with Crippen molar-refractivity contribution >= 4 is 29.3 Å². The number of hydrogen-bond donors (Lipinski definition) is 4. The summed E-state index contributed by atoms with van der Waals surface area (Å²) in [6.07, 6.45) is 7.16. The number of aryl methyl sites for hydroxylation is 1. The average Bonchev–Trinajstić information content (AvgIpc) is 3.86. The third-order valence-corrected chi connectivity index (χ3v) is 8.78. The number of aromatic nitrogens is 2. The Labute approximate surface area is 251 Å². The van der Waals surface area contributed by atoms with Crippen molar-refractivity contribution < 1.29 is 23.6 Å². The summed E-state index contributed by atoms with van der Waals surface area (Å²) < 4.78 is 16.4. The lowest BCUT2D eigenvalue weighted by molar-refractivity contribution is -0.132. The average molecular weight is 595 g/mol. The van der Waals surface area contributed by atoms with Crippen LogP contribution in [0.15, 0.2) is 30.5 Å². The van der Waals surface area contributed by atoms with Gasteiger partial charge in [0.1, 0.15) is 23.4 Å². The molecule has 4 N–H and O–H groups in total. The topological polar surface area (TPSA) is 134 Å². The summed E-state index contributed by atoms with van der Waals surface area (Å²) in [7, 11) is 0. The normalized spacial score (nSPS) is 19.5. The summed E-state index contributed by atoms with van der Waals surface area (Å²) in [5.74, 6) is -0.662. The van der Waals surface area contributed by atoms with E-state index in [1.54, 1.807) is 23.0 Å². The Balaban J connectivity index is 1.30. The number of amides is 4. The quantitative estimate of drug-likeness (QED) is 0.295. The van der Waals surface area contributed by atoms with Crippen molar-refractivity contribution in [2.75, 3.05) is 5.32 Å². The van der Waals surface area contributed by atoms with Crippen LogP contribution in [-0.4, -0.2) is 51.2 Å². The molecule has 2 saturated carbocycles. The largest absolute Gasteiger partial charge is 0.347 e. The van der Waals surface area contributed by atoms with Gasteiger partial charge in [-0.2, -0.15) is 5.10 Å². The van der Waals surface area contributed by atoms with Gasteiger partial charge < -0.3 is 21.3 Å². The molecule has 1 aromatic heterocycles. The van der Waals surface area contributed by atoms with Crippen molar-refractivity contribution in [3.63, 3.8) is 0 Å². The van der Waals surface area contributed by atoms with E-state index in [1.807, 2.05) is 26.0 Å². The molecule has 10 nitrogen and oxygen atoms in total. The van der Waals surface area contributed by atoms with Crippen LogP contribution in [0.5, 0.6) is 0 Å². The van der Waals surface area contributed by atoms with Crippen LogP contribution in [0.4, 0.5) is 10.1 Å². The maximum Gasteiger partial charge on any atom is 0.270 e.